The normalized spacial score (nSPS) is 11.4. The summed E-state index contributed by atoms with van der Waals surface area (Å²) in [7, 11) is 0. The fourth-order valence-corrected chi connectivity index (χ4v) is 2.74. The highest BCUT2D eigenvalue weighted by Crippen LogP contribution is 2.35. The summed E-state index contributed by atoms with van der Waals surface area (Å²) in [5.41, 5.74) is -0.358. The summed E-state index contributed by atoms with van der Waals surface area (Å²) in [6.07, 6.45) is -1.80. The third-order valence-corrected chi connectivity index (χ3v) is 4.20. The summed E-state index contributed by atoms with van der Waals surface area (Å²) >= 11 is 12.5. The molecule has 0 aliphatic heterocycles. The number of amides is 1. The van der Waals surface area contributed by atoms with Crippen LogP contribution in [0.2, 0.25) is 5.02 Å². The Bertz CT molecular complexity index is 854. The van der Waals surface area contributed by atoms with Gasteiger partial charge in [-0.3, -0.25) is 10.1 Å². The summed E-state index contributed by atoms with van der Waals surface area (Å²) < 4.78 is 39.7. The van der Waals surface area contributed by atoms with Crippen LogP contribution >= 0.6 is 46.4 Å². The fourth-order valence-electron chi connectivity index (χ4n) is 1.91. The number of alkyl halides is 3. The number of hydrogen-bond donors (Lipinski definition) is 2. The maximum atomic E-state index is 13.1. The third kappa shape index (κ3) is 6.26. The zero-order chi connectivity index (χ0) is 19.3. The van der Waals surface area contributed by atoms with Gasteiger partial charge in [0.25, 0.3) is 0 Å². The molecule has 136 valence electrons. The predicted octanol–water partition coefficient (Wildman–Crippen LogP) is 5.49. The molecule has 0 aliphatic rings. The highest BCUT2D eigenvalue weighted by Gasteiger charge is 2.34. The minimum Gasteiger partial charge on any atom is -0.332 e. The monoisotopic (exact) mass is 510 g/mol. The van der Waals surface area contributed by atoms with E-state index < -0.39 is 17.6 Å². The third-order valence-electron chi connectivity index (χ3n) is 3.07. The molecular weight excluding hydrogens is 500 g/mol. The lowest BCUT2D eigenvalue weighted by Crippen LogP contribution is -2.33. The van der Waals surface area contributed by atoms with Crippen molar-refractivity contribution in [2.45, 2.75) is 6.18 Å². The van der Waals surface area contributed by atoms with Crippen LogP contribution in [0.3, 0.4) is 0 Å². The number of thiocarbonyl (C=S) groups is 1. The Kier molecular flexibility index (Phi) is 7.01. The molecule has 0 saturated heterocycles. The van der Waals surface area contributed by atoms with Crippen LogP contribution in [-0.2, 0) is 11.0 Å². The van der Waals surface area contributed by atoms with Crippen molar-refractivity contribution in [2.75, 3.05) is 5.32 Å². The number of anilines is 1. The molecule has 0 aromatic heterocycles. The van der Waals surface area contributed by atoms with Crippen molar-refractivity contribution in [3.63, 3.8) is 0 Å². The molecule has 2 aromatic carbocycles. The van der Waals surface area contributed by atoms with E-state index in [1.165, 1.54) is 24.3 Å². The van der Waals surface area contributed by atoms with E-state index in [0.717, 1.165) is 11.6 Å². The second kappa shape index (κ2) is 8.83. The number of halogens is 5. The fraction of sp³-hybridized carbons (Fsp3) is 0.0588. The second-order valence-electron chi connectivity index (χ2n) is 5.02. The molecule has 0 fully saturated rings. The van der Waals surface area contributed by atoms with E-state index in [2.05, 4.69) is 10.6 Å². The van der Waals surface area contributed by atoms with Gasteiger partial charge in [0.2, 0.25) is 5.91 Å². The van der Waals surface area contributed by atoms with Gasteiger partial charge in [-0.25, -0.2) is 0 Å². The first-order chi connectivity index (χ1) is 12.1. The Hall–Kier alpha value is -1.65. The summed E-state index contributed by atoms with van der Waals surface area (Å²) in [6, 6.07) is 10.5. The van der Waals surface area contributed by atoms with Gasteiger partial charge in [0.1, 0.15) is 0 Å². The maximum Gasteiger partial charge on any atom is 0.418 e. The van der Waals surface area contributed by atoms with E-state index in [0.29, 0.717) is 8.59 Å². The zero-order valence-corrected chi connectivity index (χ0v) is 16.6. The molecule has 3 nitrogen and oxygen atoms in total. The average molecular weight is 511 g/mol. The summed E-state index contributed by atoms with van der Waals surface area (Å²) in [4.78, 5) is 11.8. The van der Waals surface area contributed by atoms with Crippen LogP contribution in [0, 0.1) is 3.57 Å². The van der Waals surface area contributed by atoms with E-state index in [4.69, 9.17) is 23.8 Å². The minimum atomic E-state index is -4.54. The quantitative estimate of drug-likeness (QED) is 0.326. The van der Waals surface area contributed by atoms with Gasteiger partial charge in [-0.15, -0.1) is 0 Å². The number of nitrogens with one attached hydrogen (secondary N) is 2. The van der Waals surface area contributed by atoms with Crippen molar-refractivity contribution < 1.29 is 18.0 Å². The summed E-state index contributed by atoms with van der Waals surface area (Å²) in [5.74, 6) is -0.573. The molecule has 0 bridgehead atoms. The largest absolute Gasteiger partial charge is 0.418 e. The Morgan fingerprint density at radius 3 is 2.42 bits per heavy atom. The topological polar surface area (TPSA) is 41.1 Å². The first-order valence-electron chi connectivity index (χ1n) is 7.07. The van der Waals surface area contributed by atoms with E-state index in [1.54, 1.807) is 46.9 Å². The van der Waals surface area contributed by atoms with Gasteiger partial charge in [-0.1, -0.05) is 23.7 Å². The van der Waals surface area contributed by atoms with Crippen molar-refractivity contribution in [2.24, 2.45) is 0 Å². The van der Waals surface area contributed by atoms with Crippen LogP contribution in [0.1, 0.15) is 11.1 Å². The van der Waals surface area contributed by atoms with Gasteiger partial charge in [0.05, 0.1) is 11.3 Å². The lowest BCUT2D eigenvalue weighted by Gasteiger charge is -2.15. The first kappa shape index (κ1) is 20.7. The molecule has 0 atom stereocenters. The molecule has 1 amide bonds. The number of carbonyl (C=O) groups is 1. The van der Waals surface area contributed by atoms with Gasteiger partial charge in [0.15, 0.2) is 5.11 Å². The lowest BCUT2D eigenvalue weighted by atomic mass is 10.1. The van der Waals surface area contributed by atoms with E-state index >= 15 is 0 Å². The molecule has 0 saturated carbocycles. The highest BCUT2D eigenvalue weighted by atomic mass is 127. The van der Waals surface area contributed by atoms with E-state index in [9.17, 15) is 18.0 Å². The lowest BCUT2D eigenvalue weighted by molar-refractivity contribution is -0.137. The molecule has 0 heterocycles. The van der Waals surface area contributed by atoms with Gasteiger partial charge >= 0.3 is 6.18 Å². The molecule has 9 heteroatoms. The number of hydrogen-bond acceptors (Lipinski definition) is 2. The molecule has 2 aromatic rings. The average Bonchev–Trinajstić information content (AvgIpc) is 2.55. The SMILES string of the molecule is O=C(/C=C/c1ccc(Cl)cc1)NC(=S)Nc1ccc(I)cc1C(F)(F)F. The van der Waals surface area contributed by atoms with Crippen molar-refractivity contribution in [3.05, 3.63) is 68.3 Å². The van der Waals surface area contributed by atoms with Crippen LogP contribution < -0.4 is 10.6 Å². The minimum absolute atomic E-state index is 0.232. The molecular formula is C17H11ClF3IN2OS. The molecule has 2 N–H and O–H groups in total. The highest BCUT2D eigenvalue weighted by molar-refractivity contribution is 14.1. The predicted molar refractivity (Wildman–Crippen MR) is 109 cm³/mol. The van der Waals surface area contributed by atoms with Crippen LogP contribution in [0.5, 0.6) is 0 Å². The zero-order valence-electron chi connectivity index (χ0n) is 12.9. The molecule has 0 spiro atoms. The molecule has 0 aliphatic carbocycles. The van der Waals surface area contributed by atoms with Gasteiger partial charge in [0, 0.05) is 14.7 Å². The van der Waals surface area contributed by atoms with Crippen LogP contribution in [0.25, 0.3) is 6.08 Å². The smallest absolute Gasteiger partial charge is 0.332 e. The molecule has 0 unspecified atom stereocenters. The molecule has 26 heavy (non-hydrogen) atoms. The van der Waals surface area contributed by atoms with Crippen molar-refractivity contribution >= 4 is 69.2 Å². The van der Waals surface area contributed by atoms with E-state index in [1.807, 2.05) is 0 Å². The summed E-state index contributed by atoms with van der Waals surface area (Å²) in [5, 5.41) is 5.04. The van der Waals surface area contributed by atoms with Crippen molar-refractivity contribution in [1.29, 1.82) is 0 Å². The Morgan fingerprint density at radius 1 is 1.15 bits per heavy atom. The molecule has 2 rings (SSSR count). The maximum absolute atomic E-state index is 13.1. The Morgan fingerprint density at radius 2 is 1.81 bits per heavy atom. The van der Waals surface area contributed by atoms with Crippen LogP contribution in [0.4, 0.5) is 18.9 Å². The second-order valence-corrected chi connectivity index (χ2v) is 7.11. The van der Waals surface area contributed by atoms with Gasteiger partial charge in [-0.2, -0.15) is 13.2 Å². The van der Waals surface area contributed by atoms with Crippen molar-refractivity contribution in [3.8, 4) is 0 Å². The Labute approximate surface area is 171 Å². The number of carbonyl (C=O) groups excluding carboxylic acids is 1. The van der Waals surface area contributed by atoms with Gasteiger partial charge < -0.3 is 5.32 Å². The van der Waals surface area contributed by atoms with Crippen LogP contribution in [0.15, 0.2) is 48.5 Å². The number of rotatable bonds is 3. The van der Waals surface area contributed by atoms with Crippen molar-refractivity contribution in [1.82, 2.24) is 5.32 Å². The first-order valence-corrected chi connectivity index (χ1v) is 8.94. The van der Waals surface area contributed by atoms with Crippen LogP contribution in [-0.4, -0.2) is 11.0 Å². The number of benzene rings is 2. The standard InChI is InChI=1S/C17H11ClF3IN2OS/c18-11-4-1-10(2-5-11)3-8-15(25)24-16(26)23-14-7-6-12(22)9-13(14)17(19,20)21/h1-9H,(H2,23,24,25,26)/b8-3+. The Balaban J connectivity index is 2.02. The summed E-state index contributed by atoms with van der Waals surface area (Å²) in [6.45, 7) is 0. The van der Waals surface area contributed by atoms with Gasteiger partial charge in [-0.05, 0) is 76.8 Å². The molecule has 0 radical (unpaired) electrons. The van der Waals surface area contributed by atoms with E-state index in [-0.39, 0.29) is 10.8 Å².